The quantitative estimate of drug-likeness (QED) is 0.854. The summed E-state index contributed by atoms with van der Waals surface area (Å²) < 4.78 is 11.1. The molecule has 0 unspecified atom stereocenters. The highest BCUT2D eigenvalue weighted by Crippen LogP contribution is 2.22. The number of fused-ring (bicyclic) bond motifs is 1. The van der Waals surface area contributed by atoms with E-state index in [1.807, 2.05) is 18.2 Å². The van der Waals surface area contributed by atoms with Crippen LogP contribution in [-0.4, -0.2) is 54.6 Å². The number of hydrogen-bond donors (Lipinski definition) is 2. The Morgan fingerprint density at radius 3 is 3.05 bits per heavy atom. The second-order valence-corrected chi connectivity index (χ2v) is 4.62. The number of anilines is 1. The van der Waals surface area contributed by atoms with E-state index in [1.54, 1.807) is 0 Å². The van der Waals surface area contributed by atoms with E-state index in [-0.39, 0.29) is 0 Å². The summed E-state index contributed by atoms with van der Waals surface area (Å²) in [7, 11) is 0. The molecule has 0 amide bonds. The van der Waals surface area contributed by atoms with Crippen molar-refractivity contribution in [2.45, 2.75) is 0 Å². The Balaban J connectivity index is 1.56. The van der Waals surface area contributed by atoms with Crippen LogP contribution in [-0.2, 0) is 4.74 Å². The summed E-state index contributed by atoms with van der Waals surface area (Å²) in [4.78, 5) is 2.34. The molecule has 0 saturated carbocycles. The summed E-state index contributed by atoms with van der Waals surface area (Å²) in [5, 5.41) is 7.78. The van der Waals surface area contributed by atoms with E-state index in [0.29, 0.717) is 12.4 Å². The topological polar surface area (TPSA) is 76.4 Å². The lowest BCUT2D eigenvalue weighted by atomic mass is 10.2. The predicted octanol–water partition coefficient (Wildman–Crippen LogP) is 0.856. The first-order chi connectivity index (χ1) is 9.33. The zero-order valence-electron chi connectivity index (χ0n) is 10.8. The number of nitrogen functional groups attached to an aromatic ring is 1. The van der Waals surface area contributed by atoms with Crippen LogP contribution in [0.15, 0.2) is 18.2 Å². The van der Waals surface area contributed by atoms with E-state index in [0.717, 1.165) is 49.5 Å². The van der Waals surface area contributed by atoms with Crippen LogP contribution >= 0.6 is 0 Å². The molecule has 0 radical (unpaired) electrons. The lowest BCUT2D eigenvalue weighted by molar-refractivity contribution is 0.0322. The van der Waals surface area contributed by atoms with Gasteiger partial charge in [0, 0.05) is 31.1 Å². The van der Waals surface area contributed by atoms with Gasteiger partial charge < -0.3 is 15.2 Å². The molecule has 3 N–H and O–H groups in total. The van der Waals surface area contributed by atoms with E-state index < -0.39 is 0 Å². The molecule has 19 heavy (non-hydrogen) atoms. The molecule has 1 saturated heterocycles. The van der Waals surface area contributed by atoms with Gasteiger partial charge in [-0.3, -0.25) is 10.00 Å². The van der Waals surface area contributed by atoms with Gasteiger partial charge >= 0.3 is 0 Å². The molecule has 3 rings (SSSR count). The number of morpholine rings is 1. The second kappa shape index (κ2) is 5.46. The van der Waals surface area contributed by atoms with Crippen molar-refractivity contribution in [1.29, 1.82) is 0 Å². The van der Waals surface area contributed by atoms with Crippen LogP contribution < -0.4 is 10.5 Å². The van der Waals surface area contributed by atoms with Crippen molar-refractivity contribution in [3.8, 4) is 5.75 Å². The van der Waals surface area contributed by atoms with Gasteiger partial charge in [0.2, 0.25) is 0 Å². The number of aromatic amines is 1. The highest BCUT2D eigenvalue weighted by Gasteiger charge is 2.10. The van der Waals surface area contributed by atoms with Gasteiger partial charge in [-0.25, -0.2) is 0 Å². The number of benzene rings is 1. The monoisotopic (exact) mass is 262 g/mol. The first-order valence-corrected chi connectivity index (χ1v) is 6.49. The summed E-state index contributed by atoms with van der Waals surface area (Å²) in [6, 6.07) is 5.78. The van der Waals surface area contributed by atoms with Crippen LogP contribution in [0.25, 0.3) is 10.9 Å². The first kappa shape index (κ1) is 12.3. The number of hydrogen-bond acceptors (Lipinski definition) is 5. The van der Waals surface area contributed by atoms with E-state index in [2.05, 4.69) is 15.1 Å². The molecule has 1 aromatic heterocycles. The normalized spacial score (nSPS) is 16.8. The van der Waals surface area contributed by atoms with Gasteiger partial charge in [-0.15, -0.1) is 0 Å². The van der Waals surface area contributed by atoms with Crippen LogP contribution in [0.3, 0.4) is 0 Å². The summed E-state index contributed by atoms with van der Waals surface area (Å²) in [5.41, 5.74) is 6.63. The molecule has 1 aliphatic heterocycles. The molecule has 6 heteroatoms. The molecule has 0 bridgehead atoms. The van der Waals surface area contributed by atoms with Gasteiger partial charge in [-0.2, -0.15) is 5.10 Å². The molecule has 2 heterocycles. The fraction of sp³-hybridized carbons (Fsp3) is 0.462. The van der Waals surface area contributed by atoms with Gasteiger partial charge in [0.05, 0.1) is 18.7 Å². The number of rotatable bonds is 4. The number of nitrogens with two attached hydrogens (primary N) is 1. The number of nitrogens with zero attached hydrogens (tertiary/aromatic N) is 2. The van der Waals surface area contributed by atoms with Crippen molar-refractivity contribution < 1.29 is 9.47 Å². The molecule has 1 aromatic carbocycles. The molecule has 102 valence electrons. The zero-order valence-corrected chi connectivity index (χ0v) is 10.8. The maximum atomic E-state index is 5.76. The fourth-order valence-electron chi connectivity index (χ4n) is 2.23. The average molecular weight is 262 g/mol. The maximum absolute atomic E-state index is 5.76. The number of H-pyrrole nitrogens is 1. The van der Waals surface area contributed by atoms with Crippen molar-refractivity contribution in [2.24, 2.45) is 0 Å². The molecule has 0 aliphatic carbocycles. The Kier molecular flexibility index (Phi) is 3.52. The largest absolute Gasteiger partial charge is 0.492 e. The Morgan fingerprint density at radius 1 is 1.37 bits per heavy atom. The smallest absolute Gasteiger partial charge is 0.153 e. The third-order valence-electron chi connectivity index (χ3n) is 3.34. The molecule has 1 aliphatic rings. The lowest BCUT2D eigenvalue weighted by Gasteiger charge is -2.26. The molecular formula is C13H18N4O2. The molecule has 2 aromatic rings. The summed E-state index contributed by atoms with van der Waals surface area (Å²) >= 11 is 0. The highest BCUT2D eigenvalue weighted by atomic mass is 16.5. The number of ether oxygens (including phenoxy) is 2. The Bertz CT molecular complexity index is 549. The van der Waals surface area contributed by atoms with Crippen LogP contribution in [0.5, 0.6) is 5.75 Å². The van der Waals surface area contributed by atoms with E-state index >= 15 is 0 Å². The summed E-state index contributed by atoms with van der Waals surface area (Å²) in [6.07, 6.45) is 0. The Morgan fingerprint density at radius 2 is 2.21 bits per heavy atom. The van der Waals surface area contributed by atoms with Gasteiger partial charge in [0.25, 0.3) is 0 Å². The average Bonchev–Trinajstić information content (AvgIpc) is 2.81. The number of aromatic nitrogens is 2. The van der Waals surface area contributed by atoms with E-state index in [9.17, 15) is 0 Å². The lowest BCUT2D eigenvalue weighted by Crippen LogP contribution is -2.38. The van der Waals surface area contributed by atoms with E-state index in [1.165, 1.54) is 0 Å². The predicted molar refractivity (Wildman–Crippen MR) is 73.3 cm³/mol. The number of nitrogens with one attached hydrogen (secondary N) is 1. The fourth-order valence-corrected chi connectivity index (χ4v) is 2.23. The van der Waals surface area contributed by atoms with Crippen molar-refractivity contribution in [1.82, 2.24) is 15.1 Å². The molecule has 6 nitrogen and oxygen atoms in total. The summed E-state index contributed by atoms with van der Waals surface area (Å²) in [5.74, 6) is 1.36. The third-order valence-corrected chi connectivity index (χ3v) is 3.34. The highest BCUT2D eigenvalue weighted by molar-refractivity contribution is 5.89. The zero-order chi connectivity index (χ0) is 13.1. The molecule has 0 spiro atoms. The molecular weight excluding hydrogens is 244 g/mol. The van der Waals surface area contributed by atoms with Gasteiger partial charge in [-0.05, 0) is 12.1 Å². The standard InChI is InChI=1S/C13H18N4O2/c14-13-11-2-1-10(9-12(11)15-16-13)19-8-5-17-3-6-18-7-4-17/h1-2,9H,3-8H2,(H3,14,15,16). The van der Waals surface area contributed by atoms with Crippen molar-refractivity contribution in [3.63, 3.8) is 0 Å². The SMILES string of the molecule is Nc1n[nH]c2cc(OCCN3CCOCC3)ccc12. The Labute approximate surface area is 111 Å². The van der Waals surface area contributed by atoms with Crippen molar-refractivity contribution in [3.05, 3.63) is 18.2 Å². The van der Waals surface area contributed by atoms with Gasteiger partial charge in [0.1, 0.15) is 12.4 Å². The summed E-state index contributed by atoms with van der Waals surface area (Å²) in [6.45, 7) is 5.21. The maximum Gasteiger partial charge on any atom is 0.153 e. The van der Waals surface area contributed by atoms with Crippen molar-refractivity contribution in [2.75, 3.05) is 45.2 Å². The molecule has 1 fully saturated rings. The van der Waals surface area contributed by atoms with E-state index in [4.69, 9.17) is 15.2 Å². The minimum Gasteiger partial charge on any atom is -0.492 e. The minimum absolute atomic E-state index is 0.523. The van der Waals surface area contributed by atoms with Gasteiger partial charge in [0.15, 0.2) is 5.82 Å². The van der Waals surface area contributed by atoms with Gasteiger partial charge in [-0.1, -0.05) is 0 Å². The third kappa shape index (κ3) is 2.80. The minimum atomic E-state index is 0.523. The van der Waals surface area contributed by atoms with Crippen LogP contribution in [0.2, 0.25) is 0 Å². The first-order valence-electron chi connectivity index (χ1n) is 6.49. The molecule has 0 atom stereocenters. The van der Waals surface area contributed by atoms with Crippen LogP contribution in [0, 0.1) is 0 Å². The van der Waals surface area contributed by atoms with Crippen molar-refractivity contribution >= 4 is 16.7 Å². The second-order valence-electron chi connectivity index (χ2n) is 4.62. The van der Waals surface area contributed by atoms with Crippen LogP contribution in [0.1, 0.15) is 0 Å². The Hall–Kier alpha value is -1.79. The van der Waals surface area contributed by atoms with Crippen LogP contribution in [0.4, 0.5) is 5.82 Å².